The summed E-state index contributed by atoms with van der Waals surface area (Å²) < 4.78 is 22.4. The van der Waals surface area contributed by atoms with E-state index in [0.717, 1.165) is 46.6 Å². The molecule has 0 fully saturated rings. The van der Waals surface area contributed by atoms with E-state index in [4.69, 9.17) is 18.6 Å². The Morgan fingerprint density at radius 2 is 1.02 bits per heavy atom. The number of hydrogen-bond acceptors (Lipinski definition) is 4. The summed E-state index contributed by atoms with van der Waals surface area (Å²) in [5.41, 5.74) is 11.4. The molecule has 41 heavy (non-hydrogen) atoms. The van der Waals surface area contributed by atoms with Crippen molar-refractivity contribution >= 4 is 39.0 Å². The molecule has 4 aromatic rings. The molecule has 0 radical (unpaired) electrons. The van der Waals surface area contributed by atoms with Crippen molar-refractivity contribution in [3.8, 4) is 11.1 Å². The Kier molecular flexibility index (Phi) is 6.31. The van der Waals surface area contributed by atoms with E-state index < -0.39 is 0 Å². The first kappa shape index (κ1) is 25.2. The average Bonchev–Trinajstić information content (AvgIpc) is 3.80. The van der Waals surface area contributed by atoms with Crippen LogP contribution in [0.1, 0.15) is 44.5 Å². The molecule has 0 atom stereocenters. The van der Waals surface area contributed by atoms with Gasteiger partial charge in [-0.1, -0.05) is 98.1 Å². The van der Waals surface area contributed by atoms with Gasteiger partial charge in [0.1, 0.15) is 24.0 Å². The van der Waals surface area contributed by atoms with Crippen LogP contribution in [0.15, 0.2) is 111 Å². The smallest absolute Gasteiger partial charge is 0.531 e. The van der Waals surface area contributed by atoms with Gasteiger partial charge in [-0.3, -0.25) is 0 Å². The Labute approximate surface area is 241 Å². The van der Waals surface area contributed by atoms with Crippen LogP contribution in [0.5, 0.6) is 0 Å². The van der Waals surface area contributed by atoms with Gasteiger partial charge in [0.2, 0.25) is 0 Å². The van der Waals surface area contributed by atoms with Gasteiger partial charge in [0, 0.05) is 16.5 Å². The van der Waals surface area contributed by atoms with Crippen molar-refractivity contribution < 1.29 is 18.6 Å². The molecule has 0 N–H and O–H groups in total. The lowest BCUT2D eigenvalue weighted by molar-refractivity contribution is 0.453. The average molecular weight is 534 g/mol. The molecule has 0 saturated heterocycles. The summed E-state index contributed by atoms with van der Waals surface area (Å²) in [5.74, 6) is 1.51. The Morgan fingerprint density at radius 1 is 0.585 bits per heavy atom. The van der Waals surface area contributed by atoms with Gasteiger partial charge < -0.3 is 18.6 Å². The van der Waals surface area contributed by atoms with E-state index in [1.165, 1.54) is 33.4 Å². The minimum atomic E-state index is -0.359. The highest BCUT2D eigenvalue weighted by molar-refractivity contribution is 6.22. The normalized spacial score (nSPS) is 15.4. The summed E-state index contributed by atoms with van der Waals surface area (Å²) in [6.07, 6.45) is 8.80. The van der Waals surface area contributed by atoms with Crippen molar-refractivity contribution in [1.82, 2.24) is 0 Å². The summed E-state index contributed by atoms with van der Waals surface area (Å²) in [4.78, 5) is 0. The van der Waals surface area contributed by atoms with E-state index in [2.05, 4.69) is 98.1 Å². The van der Waals surface area contributed by atoms with E-state index in [1.807, 2.05) is 12.2 Å². The zero-order valence-corrected chi connectivity index (χ0v) is 22.8. The third-order valence-electron chi connectivity index (χ3n) is 8.32. The van der Waals surface area contributed by atoms with Crippen molar-refractivity contribution in [2.24, 2.45) is 0 Å². The van der Waals surface area contributed by atoms with Crippen LogP contribution in [0.3, 0.4) is 0 Å². The largest absolute Gasteiger partial charge is 0.576 e. The molecular weight excluding hydrogens is 506 g/mol. The van der Waals surface area contributed by atoms with Crippen molar-refractivity contribution in [3.05, 3.63) is 155 Å². The molecule has 6 heteroatoms. The maximum atomic E-state index is 5.80. The van der Waals surface area contributed by atoms with Gasteiger partial charge in [-0.15, -0.1) is 0 Å². The first-order valence-electron chi connectivity index (χ1n) is 13.8. The molecular formula is C35H28B2O4. The van der Waals surface area contributed by atoms with E-state index in [-0.39, 0.29) is 20.8 Å². The molecule has 0 unspecified atom stereocenters. The van der Waals surface area contributed by atoms with E-state index in [0.29, 0.717) is 0 Å². The Bertz CT molecular complexity index is 1590. The van der Waals surface area contributed by atoms with E-state index in [1.54, 1.807) is 12.5 Å². The first-order valence-corrected chi connectivity index (χ1v) is 13.8. The summed E-state index contributed by atoms with van der Waals surface area (Å²) >= 11 is 0. The molecule has 4 nitrogen and oxygen atoms in total. The maximum Gasteiger partial charge on any atom is 0.576 e. The monoisotopic (exact) mass is 534 g/mol. The van der Waals surface area contributed by atoms with Crippen LogP contribution < -0.4 is 0 Å². The second kappa shape index (κ2) is 10.3. The van der Waals surface area contributed by atoms with Gasteiger partial charge in [0.25, 0.3) is 0 Å². The summed E-state index contributed by atoms with van der Waals surface area (Å²) in [5, 5.41) is 0. The summed E-state index contributed by atoms with van der Waals surface area (Å²) in [6.45, 7) is 7.88. The molecule has 0 amide bonds. The van der Waals surface area contributed by atoms with Crippen molar-refractivity contribution in [3.63, 3.8) is 0 Å². The van der Waals surface area contributed by atoms with Crippen LogP contribution in [0.2, 0.25) is 0 Å². The topological polar surface area (TPSA) is 36.9 Å². The van der Waals surface area contributed by atoms with E-state index in [9.17, 15) is 0 Å². The van der Waals surface area contributed by atoms with Crippen LogP contribution >= 0.6 is 0 Å². The number of rotatable bonds is 8. The second-order valence-electron chi connectivity index (χ2n) is 10.7. The highest BCUT2D eigenvalue weighted by Gasteiger charge is 2.44. The molecule has 7 rings (SSSR count). The van der Waals surface area contributed by atoms with Gasteiger partial charge in [-0.2, -0.15) is 0 Å². The standard InChI is InChI=1S/C35H28B2O4/c1-3-23-5-9-25(10-6-23)19-35(20-26-11-7-24(4-2)8-12-26)31-17-27(33-21-38-36-40-33)13-15-29(31)30-16-14-28(18-32(30)35)34-22-39-37-41-34/h3-18,21-22,36-37H,1-2,19-20H2. The zero-order chi connectivity index (χ0) is 27.8. The van der Waals surface area contributed by atoms with Gasteiger partial charge in [-0.05, 0) is 69.5 Å². The highest BCUT2D eigenvalue weighted by atomic mass is 16.6. The lowest BCUT2D eigenvalue weighted by Crippen LogP contribution is -2.31. The molecule has 198 valence electrons. The fraction of sp³-hybridized carbons (Fsp3) is 0.0857. The lowest BCUT2D eigenvalue weighted by atomic mass is 9.69. The third kappa shape index (κ3) is 4.46. The van der Waals surface area contributed by atoms with Crippen molar-refractivity contribution in [2.45, 2.75) is 18.3 Å². The number of fused-ring (bicyclic) bond motifs is 3. The van der Waals surface area contributed by atoms with Crippen molar-refractivity contribution in [2.75, 3.05) is 0 Å². The van der Waals surface area contributed by atoms with E-state index >= 15 is 0 Å². The molecule has 0 bridgehead atoms. The first-order chi connectivity index (χ1) is 20.2. The minimum Gasteiger partial charge on any atom is -0.531 e. The molecule has 0 saturated carbocycles. The van der Waals surface area contributed by atoms with Crippen LogP contribution in [0.25, 0.3) is 34.8 Å². The van der Waals surface area contributed by atoms with Gasteiger partial charge >= 0.3 is 15.4 Å². The number of benzene rings is 4. The van der Waals surface area contributed by atoms with Gasteiger partial charge in [-0.25, -0.2) is 0 Å². The Morgan fingerprint density at radius 3 is 1.39 bits per heavy atom. The molecule has 0 aromatic heterocycles. The molecule has 0 spiro atoms. The maximum absolute atomic E-state index is 5.80. The van der Waals surface area contributed by atoms with Crippen LogP contribution in [0.4, 0.5) is 0 Å². The molecule has 2 aliphatic heterocycles. The summed E-state index contributed by atoms with van der Waals surface area (Å²) in [7, 11) is 0.479. The van der Waals surface area contributed by atoms with Crippen LogP contribution in [-0.4, -0.2) is 15.4 Å². The van der Waals surface area contributed by atoms with Crippen LogP contribution in [-0.2, 0) is 36.9 Å². The predicted molar refractivity (Wildman–Crippen MR) is 168 cm³/mol. The lowest BCUT2D eigenvalue weighted by Gasteiger charge is -2.33. The second-order valence-corrected chi connectivity index (χ2v) is 10.7. The van der Waals surface area contributed by atoms with Gasteiger partial charge in [0.15, 0.2) is 0 Å². The highest BCUT2D eigenvalue weighted by Crippen LogP contribution is 2.53. The Balaban J connectivity index is 1.45. The molecule has 1 aliphatic carbocycles. The predicted octanol–water partition coefficient (Wildman–Crippen LogP) is 6.95. The molecule has 4 aromatic carbocycles. The van der Waals surface area contributed by atoms with Crippen LogP contribution in [0, 0.1) is 0 Å². The fourth-order valence-electron chi connectivity index (χ4n) is 6.27. The molecule has 3 aliphatic rings. The van der Waals surface area contributed by atoms with Crippen molar-refractivity contribution in [1.29, 1.82) is 0 Å². The third-order valence-corrected chi connectivity index (χ3v) is 8.32. The quantitative estimate of drug-likeness (QED) is 0.230. The molecule has 2 heterocycles. The SMILES string of the molecule is C=Cc1ccc(CC2(Cc3ccc(C=C)cc3)c3cc(C4=COBO4)ccc3-c3ccc(C4=COBO4)cc32)cc1. The zero-order valence-electron chi connectivity index (χ0n) is 22.8. The Hall–Kier alpha value is -4.83. The number of hydrogen-bond donors (Lipinski definition) is 0. The van der Waals surface area contributed by atoms with Gasteiger partial charge in [0.05, 0.1) is 0 Å². The minimum absolute atomic E-state index is 0.240. The fourth-order valence-corrected chi connectivity index (χ4v) is 6.27. The summed E-state index contributed by atoms with van der Waals surface area (Å²) in [6, 6.07) is 30.7.